The third-order valence-electron chi connectivity index (χ3n) is 1.24. The number of anilines is 1. The van der Waals surface area contributed by atoms with Crippen LogP contribution in [0.25, 0.3) is 0 Å². The number of hydrogen-bond donors (Lipinski definition) is 2. The number of nitrogens with one attached hydrogen (secondary N) is 1. The van der Waals surface area contributed by atoms with Crippen LogP contribution in [0.5, 0.6) is 0 Å². The lowest BCUT2D eigenvalue weighted by Crippen LogP contribution is -2.18. The lowest BCUT2D eigenvalue weighted by atomic mass is 10.6. The van der Waals surface area contributed by atoms with Crippen molar-refractivity contribution in [1.29, 1.82) is 0 Å². The fourth-order valence-corrected chi connectivity index (χ4v) is 0.709. The van der Waals surface area contributed by atoms with Gasteiger partial charge in [0.2, 0.25) is 5.89 Å². The summed E-state index contributed by atoms with van der Waals surface area (Å²) in [6.07, 6.45) is 0. The van der Waals surface area contributed by atoms with Crippen molar-refractivity contribution in [2.45, 2.75) is 6.54 Å². The summed E-state index contributed by atoms with van der Waals surface area (Å²) in [7, 11) is 1.65. The van der Waals surface area contributed by atoms with Crippen LogP contribution in [0.15, 0.2) is 4.52 Å². The van der Waals surface area contributed by atoms with E-state index >= 15 is 0 Å². The quantitative estimate of drug-likeness (QED) is 0.576. The van der Waals surface area contributed by atoms with E-state index < -0.39 is 0 Å². The van der Waals surface area contributed by atoms with Crippen LogP contribution >= 0.6 is 0 Å². The van der Waals surface area contributed by atoms with Gasteiger partial charge in [-0.1, -0.05) is 0 Å². The average molecular weight is 172 g/mol. The van der Waals surface area contributed by atoms with Crippen molar-refractivity contribution < 1.29 is 9.26 Å². The second-order valence-electron chi connectivity index (χ2n) is 2.22. The number of hydrogen-bond acceptors (Lipinski definition) is 6. The molecule has 0 unspecified atom stereocenters. The zero-order chi connectivity index (χ0) is 8.81. The summed E-state index contributed by atoms with van der Waals surface area (Å²) in [6.45, 7) is 1.93. The van der Waals surface area contributed by atoms with Crippen molar-refractivity contribution in [3.8, 4) is 0 Å². The number of methoxy groups -OCH3 is 1. The normalized spacial score (nSPS) is 10.4. The Hall–Kier alpha value is -1.14. The molecule has 6 nitrogen and oxygen atoms in total. The van der Waals surface area contributed by atoms with Gasteiger partial charge in [-0.2, -0.15) is 4.98 Å². The third kappa shape index (κ3) is 2.85. The Kier molecular flexibility index (Phi) is 3.49. The molecule has 1 rings (SSSR count). The second kappa shape index (κ2) is 4.68. The molecule has 3 N–H and O–H groups in total. The van der Waals surface area contributed by atoms with E-state index in [0.29, 0.717) is 19.0 Å². The van der Waals surface area contributed by atoms with Gasteiger partial charge in [-0.25, -0.2) is 0 Å². The average Bonchev–Trinajstić information content (AvgIpc) is 2.45. The monoisotopic (exact) mass is 172 g/mol. The SMILES string of the molecule is COCCNCc1nc(N)no1. The molecule has 0 aliphatic heterocycles. The molecule has 0 fully saturated rings. The molecule has 0 radical (unpaired) electrons. The molecule has 0 atom stereocenters. The number of ether oxygens (including phenoxy) is 1. The van der Waals surface area contributed by atoms with Crippen LogP contribution in [0.3, 0.4) is 0 Å². The molecular formula is C6H12N4O2. The zero-order valence-corrected chi connectivity index (χ0v) is 6.91. The first-order valence-electron chi connectivity index (χ1n) is 3.60. The van der Waals surface area contributed by atoms with Gasteiger partial charge in [-0.3, -0.25) is 0 Å². The molecule has 0 saturated carbocycles. The van der Waals surface area contributed by atoms with Gasteiger partial charge in [0, 0.05) is 13.7 Å². The fourth-order valence-electron chi connectivity index (χ4n) is 0.709. The van der Waals surface area contributed by atoms with E-state index in [2.05, 4.69) is 15.5 Å². The van der Waals surface area contributed by atoms with E-state index in [-0.39, 0.29) is 5.95 Å². The molecule has 0 bridgehead atoms. The number of nitrogens with zero attached hydrogens (tertiary/aromatic N) is 2. The highest BCUT2D eigenvalue weighted by Gasteiger charge is 2.00. The first-order chi connectivity index (χ1) is 5.83. The maximum Gasteiger partial charge on any atom is 0.260 e. The van der Waals surface area contributed by atoms with Gasteiger partial charge in [-0.15, -0.1) is 0 Å². The Labute approximate surface area is 70.1 Å². The largest absolute Gasteiger partial charge is 0.383 e. The van der Waals surface area contributed by atoms with E-state index in [1.165, 1.54) is 0 Å². The molecule has 6 heteroatoms. The van der Waals surface area contributed by atoms with E-state index in [1.54, 1.807) is 7.11 Å². The van der Waals surface area contributed by atoms with Crippen LogP contribution in [0.4, 0.5) is 5.95 Å². The Morgan fingerprint density at radius 3 is 3.08 bits per heavy atom. The fraction of sp³-hybridized carbons (Fsp3) is 0.667. The lowest BCUT2D eigenvalue weighted by Gasteiger charge is -1.98. The predicted octanol–water partition coefficient (Wildman–Crippen LogP) is -0.612. The summed E-state index contributed by atoms with van der Waals surface area (Å²) in [6, 6.07) is 0. The van der Waals surface area contributed by atoms with Crippen molar-refractivity contribution >= 4 is 5.95 Å². The molecular weight excluding hydrogens is 160 g/mol. The molecule has 0 aliphatic carbocycles. The highest BCUT2D eigenvalue weighted by molar-refractivity contribution is 5.10. The van der Waals surface area contributed by atoms with Gasteiger partial charge in [0.25, 0.3) is 5.95 Å². The third-order valence-corrected chi connectivity index (χ3v) is 1.24. The predicted molar refractivity (Wildman–Crippen MR) is 42.3 cm³/mol. The molecule has 12 heavy (non-hydrogen) atoms. The second-order valence-corrected chi connectivity index (χ2v) is 2.22. The molecule has 1 aromatic heterocycles. The van der Waals surface area contributed by atoms with Crippen molar-refractivity contribution in [3.63, 3.8) is 0 Å². The van der Waals surface area contributed by atoms with Crippen molar-refractivity contribution in [3.05, 3.63) is 5.89 Å². The van der Waals surface area contributed by atoms with Crippen molar-refractivity contribution in [2.75, 3.05) is 26.0 Å². The van der Waals surface area contributed by atoms with Gasteiger partial charge in [0.15, 0.2) is 0 Å². The topological polar surface area (TPSA) is 86.2 Å². The highest BCUT2D eigenvalue weighted by Crippen LogP contribution is 1.95. The molecule has 1 aromatic rings. The maximum absolute atomic E-state index is 5.24. The number of nitrogen functional groups attached to an aromatic ring is 1. The van der Waals surface area contributed by atoms with Crippen LogP contribution in [0.1, 0.15) is 5.89 Å². The minimum Gasteiger partial charge on any atom is -0.383 e. The summed E-state index contributed by atoms with van der Waals surface area (Å²) in [4.78, 5) is 3.81. The van der Waals surface area contributed by atoms with E-state index in [0.717, 1.165) is 6.54 Å². The Morgan fingerprint density at radius 2 is 2.50 bits per heavy atom. The van der Waals surface area contributed by atoms with Crippen LogP contribution in [0.2, 0.25) is 0 Å². The Morgan fingerprint density at radius 1 is 1.67 bits per heavy atom. The van der Waals surface area contributed by atoms with Crippen LogP contribution in [0, 0.1) is 0 Å². The van der Waals surface area contributed by atoms with Crippen molar-refractivity contribution in [1.82, 2.24) is 15.5 Å². The number of aromatic nitrogens is 2. The number of nitrogens with two attached hydrogens (primary N) is 1. The standard InChI is InChI=1S/C6H12N4O2/c1-11-3-2-8-4-5-9-6(7)10-12-5/h8H,2-4H2,1H3,(H2,7,10). The first kappa shape index (κ1) is 8.95. The van der Waals surface area contributed by atoms with Crippen molar-refractivity contribution in [2.24, 2.45) is 0 Å². The minimum absolute atomic E-state index is 0.165. The van der Waals surface area contributed by atoms with Gasteiger partial charge < -0.3 is 20.3 Å². The molecule has 68 valence electrons. The summed E-state index contributed by atoms with van der Waals surface area (Å²) in [5.74, 6) is 0.655. The molecule has 0 aliphatic rings. The summed E-state index contributed by atoms with van der Waals surface area (Å²) in [5, 5.41) is 6.48. The molecule has 0 amide bonds. The van der Waals surface area contributed by atoms with Gasteiger partial charge in [-0.05, 0) is 5.16 Å². The summed E-state index contributed by atoms with van der Waals surface area (Å²) < 4.78 is 9.59. The van der Waals surface area contributed by atoms with E-state index in [1.807, 2.05) is 0 Å². The summed E-state index contributed by atoms with van der Waals surface area (Å²) in [5.41, 5.74) is 5.24. The van der Waals surface area contributed by atoms with Crippen LogP contribution < -0.4 is 11.1 Å². The zero-order valence-electron chi connectivity index (χ0n) is 6.91. The Bertz CT molecular complexity index is 225. The highest BCUT2D eigenvalue weighted by atomic mass is 16.5. The van der Waals surface area contributed by atoms with Gasteiger partial charge in [0.1, 0.15) is 0 Å². The van der Waals surface area contributed by atoms with Gasteiger partial charge >= 0.3 is 0 Å². The van der Waals surface area contributed by atoms with Crippen LogP contribution in [-0.2, 0) is 11.3 Å². The number of rotatable bonds is 5. The smallest absolute Gasteiger partial charge is 0.260 e. The Balaban J connectivity index is 2.15. The lowest BCUT2D eigenvalue weighted by molar-refractivity contribution is 0.197. The van der Waals surface area contributed by atoms with Gasteiger partial charge in [0.05, 0.1) is 13.2 Å². The maximum atomic E-state index is 5.24. The minimum atomic E-state index is 0.165. The molecule has 0 saturated heterocycles. The first-order valence-corrected chi connectivity index (χ1v) is 3.60. The summed E-state index contributed by atoms with van der Waals surface area (Å²) >= 11 is 0. The molecule has 0 spiro atoms. The molecule has 1 heterocycles. The molecule has 0 aromatic carbocycles. The van der Waals surface area contributed by atoms with E-state index in [4.69, 9.17) is 15.0 Å². The van der Waals surface area contributed by atoms with Crippen LogP contribution in [-0.4, -0.2) is 30.4 Å². The van der Waals surface area contributed by atoms with E-state index in [9.17, 15) is 0 Å².